The lowest BCUT2D eigenvalue weighted by atomic mass is 9.81. The third-order valence-electron chi connectivity index (χ3n) is 8.92. The van der Waals surface area contributed by atoms with Gasteiger partial charge in [0.1, 0.15) is 12.4 Å². The van der Waals surface area contributed by atoms with E-state index in [1.807, 2.05) is 59.8 Å². The van der Waals surface area contributed by atoms with Crippen LogP contribution in [0.4, 0.5) is 11.4 Å². The van der Waals surface area contributed by atoms with E-state index in [2.05, 4.69) is 85.5 Å². The second-order valence-corrected chi connectivity index (χ2v) is 12.6. The summed E-state index contributed by atoms with van der Waals surface area (Å²) in [6.45, 7) is 5.15. The summed E-state index contributed by atoms with van der Waals surface area (Å²) in [6.07, 6.45) is 6.99. The van der Waals surface area contributed by atoms with Gasteiger partial charge in [-0.25, -0.2) is 0 Å². The highest BCUT2D eigenvalue weighted by molar-refractivity contribution is 5.98. The fourth-order valence-electron chi connectivity index (χ4n) is 6.41. The van der Waals surface area contributed by atoms with E-state index in [9.17, 15) is 4.79 Å². The van der Waals surface area contributed by atoms with Crippen molar-refractivity contribution in [2.45, 2.75) is 64.5 Å². The molecule has 1 unspecified atom stereocenters. The van der Waals surface area contributed by atoms with Gasteiger partial charge in [0.05, 0.1) is 30.5 Å². The summed E-state index contributed by atoms with van der Waals surface area (Å²) >= 11 is 0. The molecule has 0 saturated heterocycles. The molecule has 1 amide bonds. The molecule has 0 aliphatic heterocycles. The van der Waals surface area contributed by atoms with Crippen molar-refractivity contribution in [3.05, 3.63) is 137 Å². The Morgan fingerprint density at radius 1 is 0.935 bits per heavy atom. The number of nitrogens with one attached hydrogen (secondary N) is 1. The van der Waals surface area contributed by atoms with Gasteiger partial charge in [-0.3, -0.25) is 14.9 Å². The van der Waals surface area contributed by atoms with Crippen molar-refractivity contribution in [1.82, 2.24) is 15.2 Å². The summed E-state index contributed by atoms with van der Waals surface area (Å²) in [6, 6.07) is 28.8. The van der Waals surface area contributed by atoms with Gasteiger partial charge in [-0.05, 0) is 71.7 Å². The van der Waals surface area contributed by atoms with Crippen molar-refractivity contribution in [2.24, 2.45) is 0 Å². The third-order valence-corrected chi connectivity index (χ3v) is 8.92. The number of anilines is 2. The molecule has 1 aliphatic carbocycles. The van der Waals surface area contributed by atoms with E-state index < -0.39 is 0 Å². The van der Waals surface area contributed by atoms with Crippen LogP contribution in [0, 0.1) is 0 Å². The first-order valence-corrected chi connectivity index (χ1v) is 16.2. The number of aromatic nitrogens is 3. The number of benzene rings is 3. The quantitative estimate of drug-likeness (QED) is 0.164. The maximum absolute atomic E-state index is 14.7. The zero-order valence-electron chi connectivity index (χ0n) is 27.2. The van der Waals surface area contributed by atoms with E-state index in [4.69, 9.17) is 9.72 Å². The van der Waals surface area contributed by atoms with E-state index in [-0.39, 0.29) is 11.8 Å². The Morgan fingerprint density at radius 3 is 2.50 bits per heavy atom. The van der Waals surface area contributed by atoms with Gasteiger partial charge < -0.3 is 14.5 Å². The van der Waals surface area contributed by atoms with Crippen molar-refractivity contribution in [3.8, 4) is 5.75 Å². The van der Waals surface area contributed by atoms with Gasteiger partial charge in [0.2, 0.25) is 5.91 Å². The van der Waals surface area contributed by atoms with Gasteiger partial charge in [0.25, 0.3) is 0 Å². The van der Waals surface area contributed by atoms with Gasteiger partial charge in [0, 0.05) is 43.2 Å². The molecular weight excluding hydrogens is 570 g/mol. The highest BCUT2D eigenvalue weighted by Crippen LogP contribution is 2.39. The van der Waals surface area contributed by atoms with Gasteiger partial charge in [-0.2, -0.15) is 5.10 Å². The highest BCUT2D eigenvalue weighted by Gasteiger charge is 2.33. The molecular formula is C39H43N5O2. The normalized spacial score (nSPS) is 14.2. The van der Waals surface area contributed by atoms with Crippen molar-refractivity contribution in [3.63, 3.8) is 0 Å². The molecule has 7 nitrogen and oxygen atoms in total. The predicted molar refractivity (Wildman–Crippen MR) is 185 cm³/mol. The Balaban J connectivity index is 1.31. The first kappa shape index (κ1) is 31.1. The molecule has 1 atom stereocenters. The SMILES string of the molecule is CC(C)c1ccc(N(Cc2cn[nH]c2Cc2ccccc2N(C)C)C(=O)C2CCCc3c(OCc4ccccc4)cccc32)cn1. The molecule has 3 aromatic carbocycles. The average Bonchev–Trinajstić information content (AvgIpc) is 3.52. The Morgan fingerprint density at radius 2 is 1.74 bits per heavy atom. The van der Waals surface area contributed by atoms with E-state index >= 15 is 0 Å². The molecule has 7 heteroatoms. The fraction of sp³-hybridized carbons (Fsp3) is 0.308. The number of H-pyrrole nitrogens is 1. The second-order valence-electron chi connectivity index (χ2n) is 12.6. The van der Waals surface area contributed by atoms with Crippen LogP contribution in [0.5, 0.6) is 5.75 Å². The molecule has 0 saturated carbocycles. The van der Waals surface area contributed by atoms with E-state index in [1.165, 1.54) is 5.56 Å². The molecule has 2 heterocycles. The minimum Gasteiger partial charge on any atom is -0.489 e. The molecule has 1 aliphatic rings. The topological polar surface area (TPSA) is 74.4 Å². The minimum absolute atomic E-state index is 0.0705. The second kappa shape index (κ2) is 14.0. The first-order chi connectivity index (χ1) is 22.4. The lowest BCUT2D eigenvalue weighted by Crippen LogP contribution is -2.36. The largest absolute Gasteiger partial charge is 0.489 e. The van der Waals surface area contributed by atoms with E-state index in [0.717, 1.165) is 70.0 Å². The minimum atomic E-state index is -0.279. The molecule has 46 heavy (non-hydrogen) atoms. The lowest BCUT2D eigenvalue weighted by molar-refractivity contribution is -0.120. The molecule has 0 bridgehead atoms. The third kappa shape index (κ3) is 6.84. The van der Waals surface area contributed by atoms with Gasteiger partial charge in [-0.1, -0.05) is 74.5 Å². The maximum Gasteiger partial charge on any atom is 0.234 e. The van der Waals surface area contributed by atoms with Crippen LogP contribution < -0.4 is 14.5 Å². The van der Waals surface area contributed by atoms with Crippen LogP contribution in [0.15, 0.2) is 97.3 Å². The van der Waals surface area contributed by atoms with Crippen molar-refractivity contribution in [2.75, 3.05) is 23.9 Å². The van der Waals surface area contributed by atoms with Crippen molar-refractivity contribution >= 4 is 17.3 Å². The van der Waals surface area contributed by atoms with Crippen LogP contribution >= 0.6 is 0 Å². The zero-order valence-corrected chi connectivity index (χ0v) is 27.2. The number of nitrogens with zero attached hydrogens (tertiary/aromatic N) is 4. The molecule has 0 radical (unpaired) electrons. The van der Waals surface area contributed by atoms with Crippen molar-refractivity contribution in [1.29, 1.82) is 0 Å². The number of carbonyl (C=O) groups excluding carboxylic acids is 1. The molecule has 236 valence electrons. The number of carbonyl (C=O) groups is 1. The van der Waals surface area contributed by atoms with Crippen LogP contribution in [-0.4, -0.2) is 35.2 Å². The summed E-state index contributed by atoms with van der Waals surface area (Å²) in [4.78, 5) is 23.5. The zero-order chi connectivity index (χ0) is 32.0. The summed E-state index contributed by atoms with van der Waals surface area (Å²) in [5, 5.41) is 7.66. The Kier molecular flexibility index (Phi) is 9.48. The van der Waals surface area contributed by atoms with E-state index in [0.29, 0.717) is 25.5 Å². The molecule has 0 spiro atoms. The van der Waals surface area contributed by atoms with Crippen LogP contribution in [0.3, 0.4) is 0 Å². The molecule has 5 aromatic rings. The number of fused-ring (bicyclic) bond motifs is 1. The molecule has 2 aromatic heterocycles. The van der Waals surface area contributed by atoms with Crippen LogP contribution in [-0.2, 0) is 30.8 Å². The maximum atomic E-state index is 14.7. The van der Waals surface area contributed by atoms with E-state index in [1.54, 1.807) is 0 Å². The number of ether oxygens (including phenoxy) is 1. The smallest absolute Gasteiger partial charge is 0.234 e. The number of hydrogen-bond donors (Lipinski definition) is 1. The predicted octanol–water partition coefficient (Wildman–Crippen LogP) is 7.82. The number of aromatic amines is 1. The van der Waals surface area contributed by atoms with Gasteiger partial charge >= 0.3 is 0 Å². The highest BCUT2D eigenvalue weighted by atomic mass is 16.5. The monoisotopic (exact) mass is 613 g/mol. The van der Waals surface area contributed by atoms with Crippen LogP contribution in [0.2, 0.25) is 0 Å². The van der Waals surface area contributed by atoms with Crippen molar-refractivity contribution < 1.29 is 9.53 Å². The van der Waals surface area contributed by atoms with Crippen LogP contribution in [0.1, 0.15) is 77.7 Å². The van der Waals surface area contributed by atoms with Gasteiger partial charge in [-0.15, -0.1) is 0 Å². The fourth-order valence-corrected chi connectivity index (χ4v) is 6.41. The molecule has 1 N–H and O–H groups in total. The summed E-state index contributed by atoms with van der Waals surface area (Å²) in [7, 11) is 4.11. The number of rotatable bonds is 11. The molecule has 6 rings (SSSR count). The standard InChI is InChI=1S/C39H43N5O2/c1-27(2)35-21-20-31(24-40-35)44(25-30-23-41-42-36(30)22-29-14-8-9-18-37(29)43(3)4)39(45)34-17-10-16-33-32(34)15-11-19-38(33)46-26-28-12-6-5-7-13-28/h5-9,11-15,18-21,23-24,27,34H,10,16-17,22,25-26H2,1-4H3,(H,41,42). The van der Waals surface area contributed by atoms with Crippen LogP contribution in [0.25, 0.3) is 0 Å². The number of amides is 1. The first-order valence-electron chi connectivity index (χ1n) is 16.2. The van der Waals surface area contributed by atoms with Gasteiger partial charge in [0.15, 0.2) is 0 Å². The number of para-hydroxylation sites is 1. The summed E-state index contributed by atoms with van der Waals surface area (Å²) < 4.78 is 6.33. The Bertz CT molecular complexity index is 1760. The number of pyridine rings is 1. The summed E-state index contributed by atoms with van der Waals surface area (Å²) in [5.74, 6) is 0.958. The average molecular weight is 614 g/mol. The number of hydrogen-bond acceptors (Lipinski definition) is 5. The Hall–Kier alpha value is -4.91. The summed E-state index contributed by atoms with van der Waals surface area (Å²) in [5.41, 5.74) is 9.46. The Labute approximate surface area is 272 Å². The molecule has 0 fully saturated rings. The lowest BCUT2D eigenvalue weighted by Gasteiger charge is -2.32.